The summed E-state index contributed by atoms with van der Waals surface area (Å²) < 4.78 is 5.50. The molecule has 0 amide bonds. The first-order valence-electron chi connectivity index (χ1n) is 9.89. The number of ether oxygens (including phenoxy) is 1. The van der Waals surface area contributed by atoms with Gasteiger partial charge in [-0.2, -0.15) is 0 Å². The van der Waals surface area contributed by atoms with Crippen LogP contribution in [0.1, 0.15) is 38.3 Å². The van der Waals surface area contributed by atoms with Gasteiger partial charge in [0.25, 0.3) is 0 Å². The molecule has 0 spiro atoms. The summed E-state index contributed by atoms with van der Waals surface area (Å²) >= 11 is 5.64. The van der Waals surface area contributed by atoms with Crippen LogP contribution in [0.2, 0.25) is 0 Å². The highest BCUT2D eigenvalue weighted by molar-refractivity contribution is 7.80. The van der Waals surface area contributed by atoms with Gasteiger partial charge in [-0.3, -0.25) is 0 Å². The van der Waals surface area contributed by atoms with Gasteiger partial charge in [0.1, 0.15) is 11.8 Å². The standard InChI is InChI=1S/C23H30N2O3S/c1-5-28-20-11-9-18(10-12-20)15-25(21(22(26)27)13-16(2)3)23(29)24-19-8-6-7-17(4)14-19/h6-12,14,16,21H,5,13,15H2,1-4H3,(H,24,29)(H,26,27)/t21-/m0/s1. The minimum Gasteiger partial charge on any atom is -0.494 e. The van der Waals surface area contributed by atoms with E-state index < -0.39 is 12.0 Å². The average molecular weight is 415 g/mol. The van der Waals surface area contributed by atoms with E-state index in [-0.39, 0.29) is 5.92 Å². The summed E-state index contributed by atoms with van der Waals surface area (Å²) in [6.45, 7) is 8.97. The molecule has 0 aliphatic rings. The van der Waals surface area contributed by atoms with Crippen molar-refractivity contribution in [1.82, 2.24) is 4.90 Å². The molecule has 0 radical (unpaired) electrons. The Morgan fingerprint density at radius 2 is 1.90 bits per heavy atom. The maximum absolute atomic E-state index is 12.1. The van der Waals surface area contributed by atoms with Gasteiger partial charge in [0, 0.05) is 12.2 Å². The zero-order chi connectivity index (χ0) is 21.4. The molecule has 156 valence electrons. The summed E-state index contributed by atoms with van der Waals surface area (Å²) in [5.41, 5.74) is 2.92. The first-order chi connectivity index (χ1) is 13.8. The van der Waals surface area contributed by atoms with E-state index in [0.29, 0.717) is 24.7 Å². The van der Waals surface area contributed by atoms with E-state index in [9.17, 15) is 9.90 Å². The van der Waals surface area contributed by atoms with Crippen LogP contribution >= 0.6 is 12.2 Å². The van der Waals surface area contributed by atoms with Gasteiger partial charge >= 0.3 is 5.97 Å². The number of nitrogens with one attached hydrogen (secondary N) is 1. The van der Waals surface area contributed by atoms with E-state index in [0.717, 1.165) is 22.6 Å². The number of hydrogen-bond acceptors (Lipinski definition) is 3. The molecule has 0 aliphatic carbocycles. The van der Waals surface area contributed by atoms with Gasteiger partial charge in [0.15, 0.2) is 5.11 Å². The smallest absolute Gasteiger partial charge is 0.326 e. The van der Waals surface area contributed by atoms with Gasteiger partial charge in [-0.1, -0.05) is 38.1 Å². The van der Waals surface area contributed by atoms with Crippen molar-refractivity contribution in [3.63, 3.8) is 0 Å². The number of aliphatic carboxylic acids is 1. The Labute approximate surface area is 178 Å². The number of benzene rings is 2. The third kappa shape index (κ3) is 7.06. The molecule has 0 saturated heterocycles. The maximum atomic E-state index is 12.1. The van der Waals surface area contributed by atoms with E-state index >= 15 is 0 Å². The van der Waals surface area contributed by atoms with Crippen molar-refractivity contribution in [3.8, 4) is 5.75 Å². The topological polar surface area (TPSA) is 61.8 Å². The van der Waals surface area contributed by atoms with Crippen molar-refractivity contribution in [1.29, 1.82) is 0 Å². The van der Waals surface area contributed by atoms with Crippen LogP contribution in [-0.4, -0.2) is 33.7 Å². The molecule has 0 aliphatic heterocycles. The zero-order valence-corrected chi connectivity index (χ0v) is 18.3. The van der Waals surface area contributed by atoms with Crippen LogP contribution in [-0.2, 0) is 11.3 Å². The van der Waals surface area contributed by atoms with Crippen molar-refractivity contribution in [3.05, 3.63) is 59.7 Å². The SMILES string of the molecule is CCOc1ccc(CN(C(=S)Nc2cccc(C)c2)[C@@H](CC(C)C)C(=O)O)cc1. The average Bonchev–Trinajstić information content (AvgIpc) is 2.65. The number of anilines is 1. The van der Waals surface area contributed by atoms with Crippen molar-refractivity contribution in [2.24, 2.45) is 5.92 Å². The Morgan fingerprint density at radius 3 is 2.45 bits per heavy atom. The zero-order valence-electron chi connectivity index (χ0n) is 17.5. The Balaban J connectivity index is 2.28. The van der Waals surface area contributed by atoms with E-state index in [2.05, 4.69) is 5.32 Å². The lowest BCUT2D eigenvalue weighted by Gasteiger charge is -2.32. The molecule has 2 rings (SSSR count). The quantitative estimate of drug-likeness (QED) is 0.557. The van der Waals surface area contributed by atoms with Crippen molar-refractivity contribution in [2.45, 2.75) is 46.7 Å². The molecule has 2 aromatic rings. The molecule has 2 N–H and O–H groups in total. The van der Waals surface area contributed by atoms with Crippen LogP contribution in [0.25, 0.3) is 0 Å². The lowest BCUT2D eigenvalue weighted by Crippen LogP contribution is -2.47. The Kier molecular flexibility index (Phi) is 8.46. The minimum atomic E-state index is -0.877. The van der Waals surface area contributed by atoms with Gasteiger partial charge < -0.3 is 20.1 Å². The third-order valence-corrected chi connectivity index (χ3v) is 4.81. The predicted octanol–water partition coefficient (Wildman–Crippen LogP) is 5.09. The van der Waals surface area contributed by atoms with E-state index in [1.54, 1.807) is 4.90 Å². The second-order valence-electron chi connectivity index (χ2n) is 7.49. The molecule has 0 heterocycles. The summed E-state index contributed by atoms with van der Waals surface area (Å²) in [6, 6.07) is 14.8. The van der Waals surface area contributed by atoms with Crippen LogP contribution in [0.5, 0.6) is 5.75 Å². The predicted molar refractivity (Wildman–Crippen MR) is 121 cm³/mol. The Hall–Kier alpha value is -2.60. The summed E-state index contributed by atoms with van der Waals surface area (Å²) in [7, 11) is 0. The number of rotatable bonds is 9. The highest BCUT2D eigenvalue weighted by Crippen LogP contribution is 2.20. The summed E-state index contributed by atoms with van der Waals surface area (Å²) in [5, 5.41) is 13.5. The highest BCUT2D eigenvalue weighted by Gasteiger charge is 2.28. The number of carboxylic acid groups (broad SMARTS) is 1. The van der Waals surface area contributed by atoms with Gasteiger partial charge in [0.05, 0.1) is 6.61 Å². The number of carbonyl (C=O) groups is 1. The molecule has 2 aromatic carbocycles. The van der Waals surface area contributed by atoms with E-state index in [1.807, 2.05) is 76.2 Å². The largest absolute Gasteiger partial charge is 0.494 e. The Bertz CT molecular complexity index is 821. The highest BCUT2D eigenvalue weighted by atomic mass is 32.1. The van der Waals surface area contributed by atoms with E-state index in [4.69, 9.17) is 17.0 Å². The minimum absolute atomic E-state index is 0.223. The molecule has 0 unspecified atom stereocenters. The lowest BCUT2D eigenvalue weighted by atomic mass is 10.0. The summed E-state index contributed by atoms with van der Waals surface area (Å²) in [6.07, 6.45) is 0.502. The molecule has 0 fully saturated rings. The third-order valence-electron chi connectivity index (χ3n) is 4.47. The maximum Gasteiger partial charge on any atom is 0.326 e. The summed E-state index contributed by atoms with van der Waals surface area (Å²) in [4.78, 5) is 13.8. The van der Waals surface area contributed by atoms with E-state index in [1.165, 1.54) is 0 Å². The van der Waals surface area contributed by atoms with Crippen LogP contribution in [0, 0.1) is 12.8 Å². The molecular formula is C23H30N2O3S. The van der Waals surface area contributed by atoms with Gasteiger partial charge in [-0.15, -0.1) is 0 Å². The summed E-state index contributed by atoms with van der Waals surface area (Å²) in [5.74, 6) is 0.138. The normalized spacial score (nSPS) is 11.8. The first-order valence-corrected chi connectivity index (χ1v) is 10.3. The van der Waals surface area contributed by atoms with Gasteiger partial charge in [-0.05, 0) is 73.8 Å². The second-order valence-corrected chi connectivity index (χ2v) is 7.87. The van der Waals surface area contributed by atoms with Gasteiger partial charge in [0.2, 0.25) is 0 Å². The number of carboxylic acids is 1. The van der Waals surface area contributed by atoms with Crippen molar-refractivity contribution in [2.75, 3.05) is 11.9 Å². The molecule has 5 nitrogen and oxygen atoms in total. The number of nitrogens with zero attached hydrogens (tertiary/aromatic N) is 1. The molecule has 0 aromatic heterocycles. The first kappa shape index (κ1) is 22.7. The molecule has 29 heavy (non-hydrogen) atoms. The molecule has 0 saturated carbocycles. The fourth-order valence-electron chi connectivity index (χ4n) is 3.10. The number of aryl methyl sites for hydroxylation is 1. The number of thiocarbonyl (C=S) groups is 1. The van der Waals surface area contributed by atoms with Crippen LogP contribution in [0.15, 0.2) is 48.5 Å². The fourth-order valence-corrected chi connectivity index (χ4v) is 3.41. The number of hydrogen-bond donors (Lipinski definition) is 2. The lowest BCUT2D eigenvalue weighted by molar-refractivity contribution is -0.142. The monoisotopic (exact) mass is 414 g/mol. The molecular weight excluding hydrogens is 384 g/mol. The van der Waals surface area contributed by atoms with Crippen molar-refractivity contribution >= 4 is 29.0 Å². The fraction of sp³-hybridized carbons (Fsp3) is 0.391. The molecule has 0 bridgehead atoms. The van der Waals surface area contributed by atoms with Crippen LogP contribution in [0.4, 0.5) is 5.69 Å². The van der Waals surface area contributed by atoms with Crippen LogP contribution < -0.4 is 10.1 Å². The Morgan fingerprint density at radius 1 is 1.21 bits per heavy atom. The van der Waals surface area contributed by atoms with Crippen LogP contribution in [0.3, 0.4) is 0 Å². The van der Waals surface area contributed by atoms with Gasteiger partial charge in [-0.25, -0.2) is 4.79 Å². The van der Waals surface area contributed by atoms with Crippen molar-refractivity contribution < 1.29 is 14.6 Å². The second kappa shape index (κ2) is 10.8. The molecule has 6 heteroatoms. The molecule has 1 atom stereocenters.